The van der Waals surface area contributed by atoms with Gasteiger partial charge in [-0.3, -0.25) is 9.69 Å². The van der Waals surface area contributed by atoms with Crippen LogP contribution in [0.25, 0.3) is 16.9 Å². The van der Waals surface area contributed by atoms with Crippen molar-refractivity contribution in [3.63, 3.8) is 0 Å². The smallest absolute Gasteiger partial charge is 0.272 e. The van der Waals surface area contributed by atoms with E-state index in [9.17, 15) is 4.79 Å². The quantitative estimate of drug-likeness (QED) is 0.354. The molecule has 194 valence electrons. The highest BCUT2D eigenvalue weighted by Gasteiger charge is 2.27. The lowest BCUT2D eigenvalue weighted by molar-refractivity contribution is 0.0619. The molecule has 38 heavy (non-hydrogen) atoms. The summed E-state index contributed by atoms with van der Waals surface area (Å²) in [5, 5.41) is 5.43. The van der Waals surface area contributed by atoms with Gasteiger partial charge in [0.15, 0.2) is 11.5 Å². The number of amides is 1. The van der Waals surface area contributed by atoms with Gasteiger partial charge in [0.05, 0.1) is 18.5 Å². The Kier molecular flexibility index (Phi) is 6.66. The van der Waals surface area contributed by atoms with Crippen LogP contribution in [0.1, 0.15) is 16.1 Å². The first kappa shape index (κ1) is 24.3. The van der Waals surface area contributed by atoms with Crippen molar-refractivity contribution in [2.24, 2.45) is 0 Å². The number of halogens is 1. The lowest BCUT2D eigenvalue weighted by Crippen LogP contribution is -2.48. The summed E-state index contributed by atoms with van der Waals surface area (Å²) in [5.41, 5.74) is 4.02. The first-order valence-corrected chi connectivity index (χ1v) is 12.9. The van der Waals surface area contributed by atoms with Crippen molar-refractivity contribution in [1.29, 1.82) is 0 Å². The molecule has 9 heteroatoms. The zero-order valence-electron chi connectivity index (χ0n) is 21.0. The third kappa shape index (κ3) is 4.92. The summed E-state index contributed by atoms with van der Waals surface area (Å²) >= 11 is 6.12. The molecule has 8 nitrogen and oxygen atoms in total. The summed E-state index contributed by atoms with van der Waals surface area (Å²) in [4.78, 5) is 18.0. The van der Waals surface area contributed by atoms with Crippen molar-refractivity contribution >= 4 is 17.5 Å². The second-order valence-electron chi connectivity index (χ2n) is 9.29. The fourth-order valence-corrected chi connectivity index (χ4v) is 4.93. The normalized spacial score (nSPS) is 15.1. The van der Waals surface area contributed by atoms with Crippen LogP contribution < -0.4 is 14.2 Å². The fourth-order valence-electron chi connectivity index (χ4n) is 4.80. The Labute approximate surface area is 225 Å². The maximum atomic E-state index is 13.8. The van der Waals surface area contributed by atoms with Gasteiger partial charge in [-0.2, -0.15) is 5.10 Å². The molecule has 6 rings (SSSR count). The Morgan fingerprint density at radius 3 is 2.53 bits per heavy atom. The summed E-state index contributed by atoms with van der Waals surface area (Å²) < 4.78 is 18.0. The molecule has 3 heterocycles. The third-order valence-electron chi connectivity index (χ3n) is 6.87. The van der Waals surface area contributed by atoms with Crippen LogP contribution in [0.2, 0.25) is 5.02 Å². The minimum Gasteiger partial charge on any atom is -0.497 e. The second kappa shape index (κ2) is 10.4. The van der Waals surface area contributed by atoms with Crippen LogP contribution in [0.5, 0.6) is 17.2 Å². The van der Waals surface area contributed by atoms with Crippen molar-refractivity contribution in [1.82, 2.24) is 19.6 Å². The molecule has 1 saturated heterocycles. The maximum absolute atomic E-state index is 13.8. The Morgan fingerprint density at radius 1 is 0.947 bits per heavy atom. The van der Waals surface area contributed by atoms with E-state index in [2.05, 4.69) is 11.0 Å². The van der Waals surface area contributed by atoms with Crippen molar-refractivity contribution < 1.29 is 19.0 Å². The highest BCUT2D eigenvalue weighted by atomic mass is 35.5. The molecule has 0 aliphatic carbocycles. The van der Waals surface area contributed by atoms with Crippen LogP contribution >= 0.6 is 11.6 Å². The van der Waals surface area contributed by atoms with Gasteiger partial charge in [0.2, 0.25) is 6.79 Å². The highest BCUT2D eigenvalue weighted by Crippen LogP contribution is 2.33. The van der Waals surface area contributed by atoms with Gasteiger partial charge in [-0.25, -0.2) is 4.68 Å². The first-order valence-electron chi connectivity index (χ1n) is 12.5. The largest absolute Gasteiger partial charge is 0.497 e. The van der Waals surface area contributed by atoms with E-state index in [-0.39, 0.29) is 12.7 Å². The maximum Gasteiger partial charge on any atom is 0.272 e. The molecule has 3 aromatic carbocycles. The molecule has 1 amide bonds. The van der Waals surface area contributed by atoms with E-state index in [0.29, 0.717) is 29.5 Å². The average Bonchev–Trinajstić information content (AvgIpc) is 3.61. The Morgan fingerprint density at radius 2 is 1.74 bits per heavy atom. The summed E-state index contributed by atoms with van der Waals surface area (Å²) in [6, 6.07) is 22.9. The summed E-state index contributed by atoms with van der Waals surface area (Å²) in [6.07, 6.45) is 0. The number of rotatable bonds is 6. The van der Waals surface area contributed by atoms with Crippen LogP contribution in [0.15, 0.2) is 72.8 Å². The van der Waals surface area contributed by atoms with Gasteiger partial charge >= 0.3 is 0 Å². The van der Waals surface area contributed by atoms with Gasteiger partial charge in [-0.15, -0.1) is 0 Å². The minimum atomic E-state index is -0.0516. The molecule has 2 aliphatic heterocycles. The van der Waals surface area contributed by atoms with Crippen LogP contribution in [0.3, 0.4) is 0 Å². The van der Waals surface area contributed by atoms with Gasteiger partial charge in [0.25, 0.3) is 5.91 Å². The van der Waals surface area contributed by atoms with Gasteiger partial charge in [-0.1, -0.05) is 29.8 Å². The summed E-state index contributed by atoms with van der Waals surface area (Å²) in [7, 11) is 1.63. The SMILES string of the molecule is COc1cccc(-c2cc(C(=O)N3CCN(Cc4ccc5c(c4)OCO5)CC3)n(-c3ccc(Cl)cc3)n2)c1. The Balaban J connectivity index is 1.21. The zero-order valence-corrected chi connectivity index (χ0v) is 21.7. The first-order chi connectivity index (χ1) is 18.6. The second-order valence-corrected chi connectivity index (χ2v) is 9.73. The number of aromatic nitrogens is 2. The number of ether oxygens (including phenoxy) is 3. The molecule has 2 aliphatic rings. The summed E-state index contributed by atoms with van der Waals surface area (Å²) in [5.74, 6) is 2.26. The molecular formula is C29H27ClN4O4. The molecule has 0 atom stereocenters. The number of carbonyl (C=O) groups is 1. The van der Waals surface area contributed by atoms with E-state index in [1.165, 1.54) is 0 Å². The van der Waals surface area contributed by atoms with Crippen molar-refractivity contribution in [2.45, 2.75) is 6.54 Å². The van der Waals surface area contributed by atoms with E-state index >= 15 is 0 Å². The number of hydrogen-bond acceptors (Lipinski definition) is 6. The lowest BCUT2D eigenvalue weighted by Gasteiger charge is -2.34. The highest BCUT2D eigenvalue weighted by molar-refractivity contribution is 6.30. The third-order valence-corrected chi connectivity index (χ3v) is 7.12. The van der Waals surface area contributed by atoms with E-state index in [1.54, 1.807) is 23.9 Å². The van der Waals surface area contributed by atoms with Gasteiger partial charge in [0.1, 0.15) is 11.4 Å². The number of nitrogens with zero attached hydrogens (tertiary/aromatic N) is 4. The number of carbonyl (C=O) groups excluding carboxylic acids is 1. The fraction of sp³-hybridized carbons (Fsp3) is 0.241. The molecule has 1 fully saturated rings. The number of hydrogen-bond donors (Lipinski definition) is 0. The Hall–Kier alpha value is -4.01. The number of benzene rings is 3. The minimum absolute atomic E-state index is 0.0516. The molecule has 0 spiro atoms. The molecule has 0 unspecified atom stereocenters. The zero-order chi connectivity index (χ0) is 26.1. The van der Waals surface area contributed by atoms with E-state index in [0.717, 1.165) is 53.7 Å². The van der Waals surface area contributed by atoms with Crippen molar-refractivity contribution in [2.75, 3.05) is 40.1 Å². The lowest BCUT2D eigenvalue weighted by atomic mass is 10.1. The topological polar surface area (TPSA) is 69.1 Å². The van der Waals surface area contributed by atoms with Crippen LogP contribution in [-0.2, 0) is 6.54 Å². The predicted molar refractivity (Wildman–Crippen MR) is 144 cm³/mol. The molecule has 1 aromatic heterocycles. The molecule has 0 radical (unpaired) electrons. The number of fused-ring (bicyclic) bond motifs is 1. The van der Waals surface area contributed by atoms with Crippen molar-refractivity contribution in [3.05, 3.63) is 89.1 Å². The van der Waals surface area contributed by atoms with Crippen LogP contribution in [-0.4, -0.2) is 65.6 Å². The van der Waals surface area contributed by atoms with Gasteiger partial charge in [-0.05, 0) is 60.2 Å². The van der Waals surface area contributed by atoms with Gasteiger partial charge in [0, 0.05) is 43.3 Å². The van der Waals surface area contributed by atoms with Crippen molar-refractivity contribution in [3.8, 4) is 34.2 Å². The van der Waals surface area contributed by atoms with E-state index < -0.39 is 0 Å². The molecule has 0 N–H and O–H groups in total. The van der Waals surface area contributed by atoms with Crippen LogP contribution in [0.4, 0.5) is 0 Å². The molecule has 0 saturated carbocycles. The van der Waals surface area contributed by atoms with E-state index in [4.69, 9.17) is 30.9 Å². The van der Waals surface area contributed by atoms with Crippen LogP contribution in [0, 0.1) is 0 Å². The van der Waals surface area contributed by atoms with E-state index in [1.807, 2.05) is 59.5 Å². The Bertz CT molecular complexity index is 1460. The number of piperazine rings is 1. The molecular weight excluding hydrogens is 504 g/mol. The van der Waals surface area contributed by atoms with Gasteiger partial charge < -0.3 is 19.1 Å². The molecule has 4 aromatic rings. The monoisotopic (exact) mass is 530 g/mol. The number of methoxy groups -OCH3 is 1. The predicted octanol–water partition coefficient (Wildman–Crippen LogP) is 4.89. The standard InChI is InChI=1S/C29H27ClN4O4/c1-36-24-4-2-3-21(16-24)25-17-26(34(31-25)23-8-6-22(30)7-9-23)29(35)33-13-11-32(12-14-33)18-20-5-10-27-28(15-20)38-19-37-27/h2-10,15-17H,11-14,18-19H2,1H3. The summed E-state index contributed by atoms with van der Waals surface area (Å²) in [6.45, 7) is 3.87. The molecule has 0 bridgehead atoms. The average molecular weight is 531 g/mol.